The Morgan fingerprint density at radius 1 is 1.20 bits per heavy atom. The number of primary amides is 1. The maximum atomic E-state index is 12.7. The molecule has 1 amide bonds. The van der Waals surface area contributed by atoms with E-state index in [9.17, 15) is 13.2 Å². The smallest absolute Gasteiger partial charge is 0.262 e. The van der Waals surface area contributed by atoms with Gasteiger partial charge in [-0.1, -0.05) is 32.4 Å². The molecule has 0 aliphatic carbocycles. The van der Waals surface area contributed by atoms with Gasteiger partial charge in [0.2, 0.25) is 5.91 Å². The fourth-order valence-electron chi connectivity index (χ4n) is 2.63. The first kappa shape index (κ1) is 19.5. The predicted octanol–water partition coefficient (Wildman–Crippen LogP) is 3.65. The summed E-state index contributed by atoms with van der Waals surface area (Å²) in [5.41, 5.74) is 6.35. The van der Waals surface area contributed by atoms with Crippen LogP contribution in [0.2, 0.25) is 0 Å². The van der Waals surface area contributed by atoms with E-state index in [0.717, 1.165) is 18.4 Å². The number of sulfonamides is 1. The SMILES string of the molecule is CCCc1ccc(S(=O)(=O)Nc2sccc2C(C)(CC)C(N)=O)cc1. The molecule has 0 saturated carbocycles. The fourth-order valence-corrected chi connectivity index (χ4v) is 4.87. The number of rotatable bonds is 8. The second kappa shape index (κ2) is 7.58. The molecule has 2 rings (SSSR count). The zero-order valence-corrected chi connectivity index (χ0v) is 16.3. The van der Waals surface area contributed by atoms with Crippen LogP contribution in [0.1, 0.15) is 44.7 Å². The average molecular weight is 381 g/mol. The number of nitrogens with two attached hydrogens (primary N) is 1. The molecular weight excluding hydrogens is 356 g/mol. The van der Waals surface area contributed by atoms with Crippen molar-refractivity contribution in [3.8, 4) is 0 Å². The highest BCUT2D eigenvalue weighted by Crippen LogP contribution is 2.37. The van der Waals surface area contributed by atoms with Gasteiger partial charge >= 0.3 is 0 Å². The first-order valence-corrected chi connectivity index (χ1v) is 10.6. The molecule has 136 valence electrons. The van der Waals surface area contributed by atoms with Crippen LogP contribution in [0.5, 0.6) is 0 Å². The Bertz CT molecular complexity index is 841. The van der Waals surface area contributed by atoms with Crippen molar-refractivity contribution in [1.29, 1.82) is 0 Å². The first-order chi connectivity index (χ1) is 11.7. The van der Waals surface area contributed by atoms with Gasteiger partial charge in [-0.3, -0.25) is 9.52 Å². The summed E-state index contributed by atoms with van der Waals surface area (Å²) in [5.74, 6) is -0.474. The van der Waals surface area contributed by atoms with E-state index < -0.39 is 21.3 Å². The summed E-state index contributed by atoms with van der Waals surface area (Å²) in [6.45, 7) is 5.66. The molecular formula is C18H24N2O3S2. The Kier molecular flexibility index (Phi) is 5.90. The molecule has 7 heteroatoms. The Labute approximate surface area is 153 Å². The van der Waals surface area contributed by atoms with Gasteiger partial charge in [-0.05, 0) is 48.9 Å². The maximum Gasteiger partial charge on any atom is 0.262 e. The number of nitrogens with one attached hydrogen (secondary N) is 1. The molecule has 0 radical (unpaired) electrons. The minimum absolute atomic E-state index is 0.198. The molecule has 1 aromatic heterocycles. The molecule has 1 atom stereocenters. The van der Waals surface area contributed by atoms with Crippen molar-refractivity contribution in [2.75, 3.05) is 4.72 Å². The lowest BCUT2D eigenvalue weighted by Gasteiger charge is -2.25. The van der Waals surface area contributed by atoms with Gasteiger partial charge in [0.25, 0.3) is 10.0 Å². The summed E-state index contributed by atoms with van der Waals surface area (Å²) < 4.78 is 28.0. The average Bonchev–Trinajstić information content (AvgIpc) is 3.02. The number of benzene rings is 1. The van der Waals surface area contributed by atoms with Gasteiger partial charge in [-0.15, -0.1) is 11.3 Å². The number of anilines is 1. The fraction of sp³-hybridized carbons (Fsp3) is 0.389. The normalized spacial score (nSPS) is 14.0. The Morgan fingerprint density at radius 3 is 2.36 bits per heavy atom. The van der Waals surface area contributed by atoms with E-state index >= 15 is 0 Å². The van der Waals surface area contributed by atoms with Crippen molar-refractivity contribution in [3.05, 3.63) is 46.8 Å². The molecule has 25 heavy (non-hydrogen) atoms. The van der Waals surface area contributed by atoms with Crippen LogP contribution < -0.4 is 10.5 Å². The third-order valence-electron chi connectivity index (χ3n) is 4.51. The molecule has 1 heterocycles. The van der Waals surface area contributed by atoms with E-state index in [1.165, 1.54) is 11.3 Å². The molecule has 0 spiro atoms. The lowest BCUT2D eigenvalue weighted by Crippen LogP contribution is -2.38. The second-order valence-corrected chi connectivity index (χ2v) is 8.81. The lowest BCUT2D eigenvalue weighted by molar-refractivity contribution is -0.123. The zero-order chi connectivity index (χ0) is 18.7. The van der Waals surface area contributed by atoms with Gasteiger partial charge in [0.05, 0.1) is 10.3 Å². The quantitative estimate of drug-likeness (QED) is 0.732. The van der Waals surface area contributed by atoms with E-state index in [0.29, 0.717) is 17.0 Å². The second-order valence-electron chi connectivity index (χ2n) is 6.21. The van der Waals surface area contributed by atoms with E-state index in [1.807, 2.05) is 19.1 Å². The van der Waals surface area contributed by atoms with E-state index in [4.69, 9.17) is 5.73 Å². The molecule has 0 aliphatic heterocycles. The summed E-state index contributed by atoms with van der Waals surface area (Å²) in [5, 5.41) is 2.19. The maximum absolute atomic E-state index is 12.7. The van der Waals surface area contributed by atoms with Crippen LogP contribution >= 0.6 is 11.3 Å². The molecule has 0 saturated heterocycles. The van der Waals surface area contributed by atoms with Gasteiger partial charge in [0.15, 0.2) is 0 Å². The monoisotopic (exact) mass is 380 g/mol. The van der Waals surface area contributed by atoms with Crippen LogP contribution in [0.25, 0.3) is 0 Å². The summed E-state index contributed by atoms with van der Waals surface area (Å²) in [6, 6.07) is 8.61. The van der Waals surface area contributed by atoms with Crippen molar-refractivity contribution < 1.29 is 13.2 Å². The highest BCUT2D eigenvalue weighted by Gasteiger charge is 2.35. The van der Waals surface area contributed by atoms with Crippen molar-refractivity contribution in [1.82, 2.24) is 0 Å². The number of hydrogen-bond donors (Lipinski definition) is 2. The first-order valence-electron chi connectivity index (χ1n) is 8.24. The van der Waals surface area contributed by atoms with Gasteiger partial charge in [-0.2, -0.15) is 0 Å². The van der Waals surface area contributed by atoms with E-state index in [1.54, 1.807) is 30.5 Å². The summed E-state index contributed by atoms with van der Waals surface area (Å²) in [4.78, 5) is 12.1. The number of thiophene rings is 1. The van der Waals surface area contributed by atoms with Crippen molar-refractivity contribution >= 4 is 32.3 Å². The number of carbonyl (C=O) groups excluding carboxylic acids is 1. The van der Waals surface area contributed by atoms with Gasteiger partial charge in [-0.25, -0.2) is 8.42 Å². The molecule has 0 aliphatic rings. The molecule has 0 fully saturated rings. The van der Waals surface area contributed by atoms with Gasteiger partial charge in [0.1, 0.15) is 5.00 Å². The zero-order valence-electron chi connectivity index (χ0n) is 14.7. The minimum atomic E-state index is -3.72. The molecule has 3 N–H and O–H groups in total. The van der Waals surface area contributed by atoms with Crippen LogP contribution in [-0.4, -0.2) is 14.3 Å². The van der Waals surface area contributed by atoms with Crippen molar-refractivity contribution in [3.63, 3.8) is 0 Å². The molecule has 0 bridgehead atoms. The number of aryl methyl sites for hydroxylation is 1. The van der Waals surface area contributed by atoms with Crippen LogP contribution in [0, 0.1) is 0 Å². The third kappa shape index (κ3) is 4.04. The van der Waals surface area contributed by atoms with Crippen LogP contribution in [0.3, 0.4) is 0 Å². The highest BCUT2D eigenvalue weighted by molar-refractivity contribution is 7.93. The largest absolute Gasteiger partial charge is 0.369 e. The van der Waals surface area contributed by atoms with Gasteiger partial charge in [0, 0.05) is 5.56 Å². The topological polar surface area (TPSA) is 89.3 Å². The number of hydrogen-bond acceptors (Lipinski definition) is 4. The van der Waals surface area contributed by atoms with Crippen LogP contribution in [0.15, 0.2) is 40.6 Å². The minimum Gasteiger partial charge on any atom is -0.369 e. The molecule has 5 nitrogen and oxygen atoms in total. The van der Waals surface area contributed by atoms with Crippen molar-refractivity contribution in [2.45, 2.75) is 50.3 Å². The molecule has 1 unspecified atom stereocenters. The predicted molar refractivity (Wildman–Crippen MR) is 102 cm³/mol. The molecule has 1 aromatic carbocycles. The van der Waals surface area contributed by atoms with Crippen molar-refractivity contribution in [2.24, 2.45) is 5.73 Å². The number of carbonyl (C=O) groups is 1. The van der Waals surface area contributed by atoms with Crippen LogP contribution in [-0.2, 0) is 26.7 Å². The van der Waals surface area contributed by atoms with E-state index in [-0.39, 0.29) is 4.90 Å². The van der Waals surface area contributed by atoms with E-state index in [2.05, 4.69) is 11.6 Å². The standard InChI is InChI=1S/C18H24N2O3S2/c1-4-6-13-7-9-14(10-8-13)25(22,23)20-16-15(11-12-24-16)18(3,5-2)17(19)21/h7-12,20H,4-6H2,1-3H3,(H2,19,21). The summed E-state index contributed by atoms with van der Waals surface area (Å²) in [7, 11) is -3.72. The Morgan fingerprint density at radius 2 is 1.84 bits per heavy atom. The summed E-state index contributed by atoms with van der Waals surface area (Å²) >= 11 is 1.24. The lowest BCUT2D eigenvalue weighted by atomic mass is 9.80. The Hall–Kier alpha value is -1.86. The van der Waals surface area contributed by atoms with Gasteiger partial charge < -0.3 is 5.73 Å². The number of amides is 1. The van der Waals surface area contributed by atoms with Crippen LogP contribution in [0.4, 0.5) is 5.00 Å². The molecule has 2 aromatic rings. The highest BCUT2D eigenvalue weighted by atomic mass is 32.2. The summed E-state index contributed by atoms with van der Waals surface area (Å²) in [6.07, 6.45) is 2.40. The third-order valence-corrected chi connectivity index (χ3v) is 6.83. The Balaban J connectivity index is 2.33.